The van der Waals surface area contributed by atoms with Crippen LogP contribution in [0.15, 0.2) is 18.5 Å². The first-order valence-electron chi connectivity index (χ1n) is 7.08. The number of hydrogen-bond acceptors (Lipinski definition) is 4. The topological polar surface area (TPSA) is 50.7 Å². The summed E-state index contributed by atoms with van der Waals surface area (Å²) in [5.74, 6) is 2.09. The second-order valence-corrected chi connectivity index (χ2v) is 5.19. The Kier molecular flexibility index (Phi) is 4.32. The van der Waals surface area contributed by atoms with Crippen LogP contribution in [-0.4, -0.2) is 22.0 Å². The highest BCUT2D eigenvalue weighted by atomic mass is 15.0. The highest BCUT2D eigenvalue weighted by Gasteiger charge is 2.15. The van der Waals surface area contributed by atoms with Crippen molar-refractivity contribution in [3.63, 3.8) is 0 Å². The van der Waals surface area contributed by atoms with Gasteiger partial charge in [0.25, 0.3) is 0 Å². The molecule has 0 bridgehead atoms. The standard InChI is InChI=1S/C16H22N4/c1-6-12-9-18-8-7-13(12)15-19-11(4)14(10(2)3)16(17-5)20-15/h7-10H,6H2,1-5H3,(H,17,19,20). The number of aryl methyl sites for hydroxylation is 2. The van der Waals surface area contributed by atoms with Crippen molar-refractivity contribution < 1.29 is 0 Å². The molecule has 2 heterocycles. The Hall–Kier alpha value is -1.97. The van der Waals surface area contributed by atoms with Gasteiger partial charge in [0.1, 0.15) is 5.82 Å². The summed E-state index contributed by atoms with van der Waals surface area (Å²) in [5, 5.41) is 3.20. The average molecular weight is 270 g/mol. The molecule has 4 heteroatoms. The molecule has 2 aromatic heterocycles. The van der Waals surface area contributed by atoms with Crippen LogP contribution < -0.4 is 5.32 Å². The predicted molar refractivity (Wildman–Crippen MR) is 83.0 cm³/mol. The van der Waals surface area contributed by atoms with Crippen molar-refractivity contribution in [1.82, 2.24) is 15.0 Å². The number of aromatic nitrogens is 3. The molecule has 0 aromatic carbocycles. The van der Waals surface area contributed by atoms with Gasteiger partial charge in [-0.25, -0.2) is 9.97 Å². The molecule has 0 saturated carbocycles. The molecule has 20 heavy (non-hydrogen) atoms. The van der Waals surface area contributed by atoms with E-state index < -0.39 is 0 Å². The Morgan fingerprint density at radius 1 is 1.25 bits per heavy atom. The molecule has 0 saturated heterocycles. The molecule has 0 amide bonds. The molecule has 0 atom stereocenters. The molecule has 0 unspecified atom stereocenters. The molecular formula is C16H22N4. The number of nitrogens with zero attached hydrogens (tertiary/aromatic N) is 3. The van der Waals surface area contributed by atoms with E-state index in [0.29, 0.717) is 5.92 Å². The van der Waals surface area contributed by atoms with Gasteiger partial charge in [-0.1, -0.05) is 20.8 Å². The maximum Gasteiger partial charge on any atom is 0.162 e. The lowest BCUT2D eigenvalue weighted by atomic mass is 10.0. The molecular weight excluding hydrogens is 248 g/mol. The van der Waals surface area contributed by atoms with Gasteiger partial charge in [-0.3, -0.25) is 4.98 Å². The zero-order valence-corrected chi connectivity index (χ0v) is 12.9. The van der Waals surface area contributed by atoms with Crippen molar-refractivity contribution in [3.05, 3.63) is 35.3 Å². The number of hydrogen-bond donors (Lipinski definition) is 1. The Bertz CT molecular complexity index is 605. The second-order valence-electron chi connectivity index (χ2n) is 5.19. The van der Waals surface area contributed by atoms with Gasteiger partial charge in [-0.05, 0) is 30.9 Å². The maximum absolute atomic E-state index is 4.70. The minimum absolute atomic E-state index is 0.398. The zero-order chi connectivity index (χ0) is 14.7. The minimum Gasteiger partial charge on any atom is -0.373 e. The first-order chi connectivity index (χ1) is 9.58. The zero-order valence-electron chi connectivity index (χ0n) is 12.9. The molecule has 106 valence electrons. The quantitative estimate of drug-likeness (QED) is 0.922. The van der Waals surface area contributed by atoms with Gasteiger partial charge in [0.2, 0.25) is 0 Å². The summed E-state index contributed by atoms with van der Waals surface area (Å²) in [6.07, 6.45) is 4.61. The normalized spacial score (nSPS) is 10.9. The Balaban J connectivity index is 2.62. The SMILES string of the molecule is CCc1cnccc1-c1nc(C)c(C(C)C)c(NC)n1. The van der Waals surface area contributed by atoms with E-state index in [9.17, 15) is 0 Å². The van der Waals surface area contributed by atoms with Crippen molar-refractivity contribution in [3.8, 4) is 11.4 Å². The number of rotatable bonds is 4. The molecule has 0 aliphatic rings. The molecule has 0 aliphatic carbocycles. The van der Waals surface area contributed by atoms with Crippen molar-refractivity contribution >= 4 is 5.82 Å². The fourth-order valence-corrected chi connectivity index (χ4v) is 2.51. The largest absolute Gasteiger partial charge is 0.373 e. The number of pyridine rings is 1. The van der Waals surface area contributed by atoms with Gasteiger partial charge in [-0.15, -0.1) is 0 Å². The van der Waals surface area contributed by atoms with Crippen LogP contribution in [0.3, 0.4) is 0 Å². The minimum atomic E-state index is 0.398. The van der Waals surface area contributed by atoms with E-state index in [-0.39, 0.29) is 0 Å². The van der Waals surface area contributed by atoms with E-state index >= 15 is 0 Å². The average Bonchev–Trinajstić information content (AvgIpc) is 2.45. The van der Waals surface area contributed by atoms with Gasteiger partial charge in [-0.2, -0.15) is 0 Å². The molecule has 0 spiro atoms. The van der Waals surface area contributed by atoms with Gasteiger partial charge >= 0.3 is 0 Å². The Morgan fingerprint density at radius 2 is 2.00 bits per heavy atom. The molecule has 2 rings (SSSR count). The van der Waals surface area contributed by atoms with Crippen molar-refractivity contribution in [2.75, 3.05) is 12.4 Å². The molecule has 2 aromatic rings. The number of nitrogens with one attached hydrogen (secondary N) is 1. The first-order valence-corrected chi connectivity index (χ1v) is 7.08. The van der Waals surface area contributed by atoms with Crippen LogP contribution in [0, 0.1) is 6.92 Å². The summed E-state index contributed by atoms with van der Waals surface area (Å²) in [5.41, 5.74) is 4.46. The molecule has 1 N–H and O–H groups in total. The van der Waals surface area contributed by atoms with Crippen LogP contribution in [0.1, 0.15) is 43.5 Å². The summed E-state index contributed by atoms with van der Waals surface area (Å²) >= 11 is 0. The van der Waals surface area contributed by atoms with E-state index in [0.717, 1.165) is 29.3 Å². The third-order valence-electron chi connectivity index (χ3n) is 3.48. The van der Waals surface area contributed by atoms with Crippen LogP contribution >= 0.6 is 0 Å². The molecule has 0 radical (unpaired) electrons. The maximum atomic E-state index is 4.70. The van der Waals surface area contributed by atoms with Gasteiger partial charge in [0.15, 0.2) is 5.82 Å². The van der Waals surface area contributed by atoms with E-state index in [4.69, 9.17) is 9.97 Å². The van der Waals surface area contributed by atoms with Crippen molar-refractivity contribution in [1.29, 1.82) is 0 Å². The summed E-state index contributed by atoms with van der Waals surface area (Å²) in [4.78, 5) is 13.6. The van der Waals surface area contributed by atoms with Crippen LogP contribution in [-0.2, 0) is 6.42 Å². The van der Waals surface area contributed by atoms with Crippen LogP contribution in [0.2, 0.25) is 0 Å². The van der Waals surface area contributed by atoms with Gasteiger partial charge in [0.05, 0.1) is 0 Å². The summed E-state index contributed by atoms with van der Waals surface area (Å²) < 4.78 is 0. The monoisotopic (exact) mass is 270 g/mol. The summed E-state index contributed by atoms with van der Waals surface area (Å²) in [6, 6.07) is 1.99. The summed E-state index contributed by atoms with van der Waals surface area (Å²) in [6.45, 7) is 8.50. The Morgan fingerprint density at radius 3 is 2.60 bits per heavy atom. The van der Waals surface area contributed by atoms with E-state index in [2.05, 4.69) is 31.1 Å². The van der Waals surface area contributed by atoms with E-state index in [1.54, 1.807) is 6.20 Å². The highest BCUT2D eigenvalue weighted by Crippen LogP contribution is 2.28. The van der Waals surface area contributed by atoms with Crippen LogP contribution in [0.25, 0.3) is 11.4 Å². The fraction of sp³-hybridized carbons (Fsp3) is 0.438. The van der Waals surface area contributed by atoms with Crippen molar-refractivity contribution in [2.24, 2.45) is 0 Å². The first kappa shape index (κ1) is 14.4. The lowest BCUT2D eigenvalue weighted by molar-refractivity contribution is 0.833. The van der Waals surface area contributed by atoms with Crippen LogP contribution in [0.4, 0.5) is 5.82 Å². The summed E-state index contributed by atoms with van der Waals surface area (Å²) in [7, 11) is 1.91. The molecule has 0 fully saturated rings. The van der Waals surface area contributed by atoms with E-state index in [1.165, 1.54) is 11.1 Å². The predicted octanol–water partition coefficient (Wildman–Crippen LogP) is 3.57. The third-order valence-corrected chi connectivity index (χ3v) is 3.48. The Labute approximate surface area is 120 Å². The third kappa shape index (κ3) is 2.64. The molecule has 0 aliphatic heterocycles. The smallest absolute Gasteiger partial charge is 0.162 e. The second kappa shape index (κ2) is 5.99. The molecule has 4 nitrogen and oxygen atoms in total. The van der Waals surface area contributed by atoms with Gasteiger partial charge < -0.3 is 5.32 Å². The van der Waals surface area contributed by atoms with Crippen LogP contribution in [0.5, 0.6) is 0 Å². The number of anilines is 1. The lowest BCUT2D eigenvalue weighted by Crippen LogP contribution is -2.07. The van der Waals surface area contributed by atoms with Crippen molar-refractivity contribution in [2.45, 2.75) is 40.0 Å². The van der Waals surface area contributed by atoms with Gasteiger partial charge in [0, 0.05) is 36.3 Å². The fourth-order valence-electron chi connectivity index (χ4n) is 2.51. The van der Waals surface area contributed by atoms with E-state index in [1.807, 2.05) is 26.2 Å². The highest BCUT2D eigenvalue weighted by molar-refractivity contribution is 5.63. The lowest BCUT2D eigenvalue weighted by Gasteiger charge is -2.16.